The van der Waals surface area contributed by atoms with Gasteiger partial charge in [-0.1, -0.05) is 46.3 Å². The van der Waals surface area contributed by atoms with Crippen molar-refractivity contribution in [3.05, 3.63) is 53.1 Å². The van der Waals surface area contributed by atoms with Crippen LogP contribution in [0, 0.1) is 34.0 Å². The SMILES string of the molecule is N#CC1=CC(Br)(C#N)CC(C#N)=C1c1ccccc1. The molecule has 1 aliphatic rings. The van der Waals surface area contributed by atoms with Gasteiger partial charge in [-0.25, -0.2) is 0 Å². The van der Waals surface area contributed by atoms with Crippen LogP contribution in [0.3, 0.4) is 0 Å². The van der Waals surface area contributed by atoms with Gasteiger partial charge >= 0.3 is 0 Å². The fraction of sp³-hybridized carbons (Fsp3) is 0.133. The first-order valence-corrected chi connectivity index (χ1v) is 6.35. The molecule has 0 fully saturated rings. The van der Waals surface area contributed by atoms with Crippen LogP contribution in [0.2, 0.25) is 0 Å². The highest BCUT2D eigenvalue weighted by atomic mass is 79.9. The fourth-order valence-electron chi connectivity index (χ4n) is 2.05. The fourth-order valence-corrected chi connectivity index (χ4v) is 2.56. The van der Waals surface area contributed by atoms with Gasteiger partial charge in [0.2, 0.25) is 0 Å². The Bertz CT molecular complexity index is 696. The number of hydrogen-bond donors (Lipinski definition) is 0. The molecule has 1 aliphatic carbocycles. The van der Waals surface area contributed by atoms with Crippen LogP contribution < -0.4 is 0 Å². The minimum Gasteiger partial charge on any atom is -0.196 e. The summed E-state index contributed by atoms with van der Waals surface area (Å²) >= 11 is 3.28. The van der Waals surface area contributed by atoms with E-state index in [0.29, 0.717) is 16.7 Å². The summed E-state index contributed by atoms with van der Waals surface area (Å²) in [5, 5.41) is 27.7. The van der Waals surface area contributed by atoms with Crippen LogP contribution in [0.25, 0.3) is 5.57 Å². The average molecular weight is 310 g/mol. The lowest BCUT2D eigenvalue weighted by Crippen LogP contribution is -2.21. The van der Waals surface area contributed by atoms with Gasteiger partial charge in [-0.05, 0) is 11.6 Å². The zero-order valence-corrected chi connectivity index (χ0v) is 11.5. The average Bonchev–Trinajstić information content (AvgIpc) is 2.47. The van der Waals surface area contributed by atoms with E-state index in [4.69, 9.17) is 5.26 Å². The van der Waals surface area contributed by atoms with E-state index in [1.165, 1.54) is 0 Å². The molecule has 1 aromatic rings. The Morgan fingerprint density at radius 2 is 1.74 bits per heavy atom. The molecular weight excluding hydrogens is 302 g/mol. The van der Waals surface area contributed by atoms with Gasteiger partial charge in [-0.2, -0.15) is 15.8 Å². The first-order chi connectivity index (χ1) is 9.13. The summed E-state index contributed by atoms with van der Waals surface area (Å²) in [6.45, 7) is 0. The van der Waals surface area contributed by atoms with Crippen molar-refractivity contribution < 1.29 is 0 Å². The molecular formula is C15H8BrN3. The van der Waals surface area contributed by atoms with Crippen molar-refractivity contribution in [2.24, 2.45) is 0 Å². The third-order valence-electron chi connectivity index (χ3n) is 2.88. The minimum absolute atomic E-state index is 0.259. The number of alkyl halides is 1. The zero-order chi connectivity index (χ0) is 13.9. The van der Waals surface area contributed by atoms with E-state index in [1.807, 2.05) is 30.3 Å². The summed E-state index contributed by atoms with van der Waals surface area (Å²) in [5.41, 5.74) is 2.24. The van der Waals surface area contributed by atoms with E-state index in [9.17, 15) is 10.5 Å². The molecule has 1 aromatic carbocycles. The summed E-state index contributed by atoms with van der Waals surface area (Å²) < 4.78 is -0.971. The molecule has 0 saturated heterocycles. The van der Waals surface area contributed by atoms with Crippen LogP contribution in [0.4, 0.5) is 0 Å². The first kappa shape index (κ1) is 13.1. The van der Waals surface area contributed by atoms with Gasteiger partial charge in [-0.3, -0.25) is 0 Å². The highest BCUT2D eigenvalue weighted by Gasteiger charge is 2.33. The van der Waals surface area contributed by atoms with Gasteiger partial charge in [0, 0.05) is 17.6 Å². The molecule has 0 saturated carbocycles. The van der Waals surface area contributed by atoms with E-state index in [2.05, 4.69) is 34.1 Å². The van der Waals surface area contributed by atoms with Crippen molar-refractivity contribution in [3.63, 3.8) is 0 Å². The normalized spacial score (nSPS) is 21.9. The van der Waals surface area contributed by atoms with E-state index in [1.54, 1.807) is 6.08 Å². The second-order valence-electron chi connectivity index (χ2n) is 4.15. The summed E-state index contributed by atoms with van der Waals surface area (Å²) in [4.78, 5) is 0. The molecule has 19 heavy (non-hydrogen) atoms. The highest BCUT2D eigenvalue weighted by molar-refractivity contribution is 9.10. The third-order valence-corrected chi connectivity index (χ3v) is 3.57. The number of nitriles is 3. The molecule has 0 aliphatic heterocycles. The molecule has 0 amide bonds. The van der Waals surface area contributed by atoms with E-state index in [-0.39, 0.29) is 6.42 Å². The van der Waals surface area contributed by atoms with Crippen molar-refractivity contribution >= 4 is 21.5 Å². The first-order valence-electron chi connectivity index (χ1n) is 5.55. The van der Waals surface area contributed by atoms with Gasteiger partial charge in [-0.15, -0.1) is 0 Å². The Morgan fingerprint density at radius 1 is 1.05 bits per heavy atom. The molecule has 0 heterocycles. The van der Waals surface area contributed by atoms with Crippen LogP contribution in [0.1, 0.15) is 12.0 Å². The molecule has 4 heteroatoms. The predicted octanol–water partition coefficient (Wildman–Crippen LogP) is 3.47. The van der Waals surface area contributed by atoms with Crippen LogP contribution in [0.15, 0.2) is 47.6 Å². The number of halogens is 1. The van der Waals surface area contributed by atoms with Crippen molar-refractivity contribution in [2.75, 3.05) is 0 Å². The lowest BCUT2D eigenvalue weighted by atomic mass is 9.83. The maximum Gasteiger partial charge on any atom is 0.136 e. The standard InChI is InChI=1S/C15H8BrN3/c16-15(10-19)6-12(8-17)14(13(7-15)9-18)11-4-2-1-3-5-11/h1-6H,7H2. The van der Waals surface area contributed by atoms with Crippen LogP contribution >= 0.6 is 15.9 Å². The number of allylic oxidation sites excluding steroid dienone is 4. The second-order valence-corrected chi connectivity index (χ2v) is 5.57. The molecule has 0 N–H and O–H groups in total. The van der Waals surface area contributed by atoms with Crippen molar-refractivity contribution in [1.82, 2.24) is 0 Å². The zero-order valence-electron chi connectivity index (χ0n) is 9.89. The largest absolute Gasteiger partial charge is 0.196 e. The molecule has 0 aromatic heterocycles. The van der Waals surface area contributed by atoms with Gasteiger partial charge in [0.25, 0.3) is 0 Å². The molecule has 0 bridgehead atoms. The Morgan fingerprint density at radius 3 is 2.26 bits per heavy atom. The molecule has 0 spiro atoms. The Balaban J connectivity index is 2.66. The second kappa shape index (κ2) is 5.11. The minimum atomic E-state index is -0.971. The van der Waals surface area contributed by atoms with Crippen LogP contribution in [-0.4, -0.2) is 4.32 Å². The smallest absolute Gasteiger partial charge is 0.136 e. The molecule has 1 atom stereocenters. The Labute approximate surface area is 119 Å². The van der Waals surface area contributed by atoms with Crippen molar-refractivity contribution in [1.29, 1.82) is 15.8 Å². The maximum atomic E-state index is 9.29. The summed E-state index contributed by atoms with van der Waals surface area (Å²) in [5.74, 6) is 0. The molecule has 3 nitrogen and oxygen atoms in total. The molecule has 2 rings (SSSR count). The van der Waals surface area contributed by atoms with Crippen LogP contribution in [0.5, 0.6) is 0 Å². The third kappa shape index (κ3) is 2.43. The van der Waals surface area contributed by atoms with Crippen LogP contribution in [-0.2, 0) is 0 Å². The van der Waals surface area contributed by atoms with Crippen molar-refractivity contribution in [2.45, 2.75) is 10.7 Å². The maximum absolute atomic E-state index is 9.29. The van der Waals surface area contributed by atoms with E-state index >= 15 is 0 Å². The topological polar surface area (TPSA) is 71.4 Å². The lowest BCUT2D eigenvalue weighted by molar-refractivity contribution is 0.884. The van der Waals surface area contributed by atoms with Crippen molar-refractivity contribution in [3.8, 4) is 18.2 Å². The summed E-state index contributed by atoms with van der Waals surface area (Å²) in [6.07, 6.45) is 1.84. The van der Waals surface area contributed by atoms with Gasteiger partial charge in [0.1, 0.15) is 4.32 Å². The molecule has 1 unspecified atom stereocenters. The molecule has 0 radical (unpaired) electrons. The number of hydrogen-bond acceptors (Lipinski definition) is 3. The highest BCUT2D eigenvalue weighted by Crippen LogP contribution is 2.40. The number of nitrogens with zero attached hydrogens (tertiary/aromatic N) is 3. The van der Waals surface area contributed by atoms with Gasteiger partial charge < -0.3 is 0 Å². The summed E-state index contributed by atoms with van der Waals surface area (Å²) in [6, 6.07) is 15.6. The molecule has 90 valence electrons. The number of benzene rings is 1. The predicted molar refractivity (Wildman–Crippen MR) is 74.6 cm³/mol. The summed E-state index contributed by atoms with van der Waals surface area (Å²) in [7, 11) is 0. The van der Waals surface area contributed by atoms with E-state index < -0.39 is 4.32 Å². The Hall–Kier alpha value is -2.35. The lowest BCUT2D eigenvalue weighted by Gasteiger charge is -2.23. The van der Waals surface area contributed by atoms with Gasteiger partial charge in [0.05, 0.1) is 23.8 Å². The number of rotatable bonds is 1. The van der Waals surface area contributed by atoms with E-state index in [0.717, 1.165) is 5.56 Å². The van der Waals surface area contributed by atoms with Gasteiger partial charge in [0.15, 0.2) is 0 Å². The monoisotopic (exact) mass is 309 g/mol. The quantitative estimate of drug-likeness (QED) is 0.746. The Kier molecular flexibility index (Phi) is 3.52.